The summed E-state index contributed by atoms with van der Waals surface area (Å²) in [7, 11) is 1.22. The van der Waals surface area contributed by atoms with Crippen molar-refractivity contribution < 1.29 is 18.7 Å². The second-order valence-electron chi connectivity index (χ2n) is 13.3. The molecule has 4 aliphatic carbocycles. The molecule has 5 rings (SSSR count). The van der Waals surface area contributed by atoms with E-state index < -0.39 is 8.32 Å². The Bertz CT molecular complexity index is 981. The van der Waals surface area contributed by atoms with Gasteiger partial charge in [0.15, 0.2) is 8.32 Å². The van der Waals surface area contributed by atoms with Crippen LogP contribution in [0.3, 0.4) is 0 Å². The SMILES string of the molecule is COC(=O)[C@H]1C[C@@H]2C[C@H]3[C@@H]4CCc5cc(OC)ccc5[C@H]4CC[C@]3(C)[C@@]21O[Si](C)(C)C(C)(C)C. The molecule has 0 saturated heterocycles. The highest BCUT2D eigenvalue weighted by atomic mass is 28.4. The zero-order valence-corrected chi connectivity index (χ0v) is 23.5. The lowest BCUT2D eigenvalue weighted by atomic mass is 9.48. The van der Waals surface area contributed by atoms with Gasteiger partial charge in [-0.3, -0.25) is 4.79 Å². The summed E-state index contributed by atoms with van der Waals surface area (Å²) in [5.41, 5.74) is 2.68. The minimum atomic E-state index is -2.09. The van der Waals surface area contributed by atoms with Crippen LogP contribution in [0.15, 0.2) is 18.2 Å². The second kappa shape index (κ2) is 7.83. The van der Waals surface area contributed by atoms with Gasteiger partial charge in [0.2, 0.25) is 0 Å². The van der Waals surface area contributed by atoms with Crippen molar-refractivity contribution in [1.82, 2.24) is 0 Å². The average Bonchev–Trinajstić information content (AvgIpc) is 2.96. The molecule has 0 bridgehead atoms. The lowest BCUT2D eigenvalue weighted by molar-refractivity contribution is -0.212. The van der Waals surface area contributed by atoms with Crippen molar-refractivity contribution in [2.24, 2.45) is 29.1 Å². The summed E-state index contributed by atoms with van der Waals surface area (Å²) in [4.78, 5) is 13.1. The van der Waals surface area contributed by atoms with E-state index in [1.54, 1.807) is 19.8 Å². The molecule has 0 unspecified atom stereocenters. The van der Waals surface area contributed by atoms with Crippen molar-refractivity contribution in [1.29, 1.82) is 0 Å². The molecule has 0 aromatic heterocycles. The third-order valence-corrected chi connectivity index (χ3v) is 15.6. The molecule has 0 amide bonds. The van der Waals surface area contributed by atoms with Gasteiger partial charge in [-0.2, -0.15) is 0 Å². The van der Waals surface area contributed by atoms with Crippen LogP contribution in [0.4, 0.5) is 0 Å². The maximum atomic E-state index is 13.1. The Labute approximate surface area is 207 Å². The molecule has 4 aliphatic rings. The number of hydrogen-bond donors (Lipinski definition) is 0. The van der Waals surface area contributed by atoms with E-state index in [4.69, 9.17) is 13.9 Å². The molecule has 0 radical (unpaired) electrons. The molecular weight excluding hydrogens is 440 g/mol. The van der Waals surface area contributed by atoms with Gasteiger partial charge >= 0.3 is 5.97 Å². The third-order valence-electron chi connectivity index (χ3n) is 11.1. The smallest absolute Gasteiger partial charge is 0.311 e. The Kier molecular flexibility index (Phi) is 5.61. The number of ether oxygens (including phenoxy) is 2. The topological polar surface area (TPSA) is 44.8 Å². The predicted molar refractivity (Wildman–Crippen MR) is 138 cm³/mol. The molecule has 3 saturated carbocycles. The van der Waals surface area contributed by atoms with E-state index in [0.29, 0.717) is 23.7 Å². The van der Waals surface area contributed by atoms with E-state index in [0.717, 1.165) is 25.0 Å². The van der Waals surface area contributed by atoms with Gasteiger partial charge in [-0.05, 0) is 109 Å². The molecule has 188 valence electrons. The Morgan fingerprint density at radius 3 is 2.50 bits per heavy atom. The molecule has 0 spiro atoms. The highest BCUT2D eigenvalue weighted by Crippen LogP contribution is 2.75. The maximum absolute atomic E-state index is 13.1. The number of carbonyl (C=O) groups excluding carboxylic acids is 1. The minimum absolute atomic E-state index is 0.0232. The standard InChI is InChI=1S/C29H44O4Si/c1-27(2,3)34(7,8)33-29-19(17-25(29)26(30)32-6)16-24-23-11-9-18-15-20(31-5)10-12-21(18)22(23)13-14-28(24,29)4/h10,12,15,19,22-25H,9,11,13-14,16-17H2,1-8H3/t19-,22+,23+,24-,25+,28-,29+/m0/s1. The van der Waals surface area contributed by atoms with Crippen LogP contribution < -0.4 is 4.74 Å². The van der Waals surface area contributed by atoms with E-state index in [1.165, 1.54) is 24.8 Å². The van der Waals surface area contributed by atoms with E-state index in [9.17, 15) is 4.79 Å². The van der Waals surface area contributed by atoms with Crippen molar-refractivity contribution in [2.45, 2.75) is 95.9 Å². The highest BCUT2D eigenvalue weighted by Gasteiger charge is 2.76. The van der Waals surface area contributed by atoms with Crippen molar-refractivity contribution in [3.05, 3.63) is 29.3 Å². The van der Waals surface area contributed by atoms with Gasteiger partial charge < -0.3 is 13.9 Å². The van der Waals surface area contributed by atoms with Crippen LogP contribution >= 0.6 is 0 Å². The lowest BCUT2D eigenvalue weighted by Crippen LogP contribution is -2.70. The average molecular weight is 485 g/mol. The summed E-state index contributed by atoms with van der Waals surface area (Å²) < 4.78 is 18.3. The molecule has 1 aromatic carbocycles. The first-order chi connectivity index (χ1) is 15.9. The molecule has 0 heterocycles. The fourth-order valence-corrected chi connectivity index (χ4v) is 10.1. The molecule has 7 atom stereocenters. The van der Waals surface area contributed by atoms with Gasteiger partial charge in [0.25, 0.3) is 0 Å². The van der Waals surface area contributed by atoms with Gasteiger partial charge in [-0.25, -0.2) is 0 Å². The number of fused-ring (bicyclic) bond motifs is 7. The Morgan fingerprint density at radius 2 is 1.85 bits per heavy atom. The van der Waals surface area contributed by atoms with Gasteiger partial charge in [0, 0.05) is 0 Å². The van der Waals surface area contributed by atoms with Crippen LogP contribution in [-0.2, 0) is 20.4 Å². The Hall–Kier alpha value is -1.33. The number of carbonyl (C=O) groups is 1. The van der Waals surface area contributed by atoms with E-state index in [1.807, 2.05) is 0 Å². The highest BCUT2D eigenvalue weighted by molar-refractivity contribution is 6.74. The third kappa shape index (κ3) is 3.14. The fourth-order valence-electron chi connectivity index (χ4n) is 8.39. The first kappa shape index (κ1) is 24.4. The summed E-state index contributed by atoms with van der Waals surface area (Å²) >= 11 is 0. The minimum Gasteiger partial charge on any atom is -0.497 e. The van der Waals surface area contributed by atoms with Crippen LogP contribution in [0.1, 0.15) is 76.8 Å². The van der Waals surface area contributed by atoms with Gasteiger partial charge in [0.05, 0.1) is 25.7 Å². The van der Waals surface area contributed by atoms with Crippen LogP contribution in [0.5, 0.6) is 5.75 Å². The first-order valence-electron chi connectivity index (χ1n) is 13.3. The van der Waals surface area contributed by atoms with E-state index in [-0.39, 0.29) is 27.9 Å². The largest absolute Gasteiger partial charge is 0.497 e. The fraction of sp³-hybridized carbons (Fsp3) is 0.759. The van der Waals surface area contributed by atoms with Gasteiger partial charge in [-0.15, -0.1) is 0 Å². The molecule has 0 aliphatic heterocycles. The lowest BCUT2D eigenvalue weighted by Gasteiger charge is -2.64. The first-order valence-corrected chi connectivity index (χ1v) is 16.3. The number of esters is 1. The molecular formula is C29H44O4Si. The molecule has 34 heavy (non-hydrogen) atoms. The van der Waals surface area contributed by atoms with Crippen LogP contribution in [0, 0.1) is 29.1 Å². The Balaban J connectivity index is 1.54. The van der Waals surface area contributed by atoms with E-state index >= 15 is 0 Å². The normalized spacial score (nSPS) is 38.6. The van der Waals surface area contributed by atoms with Crippen molar-refractivity contribution in [3.8, 4) is 5.75 Å². The molecule has 5 heteroatoms. The van der Waals surface area contributed by atoms with Crippen LogP contribution in [0.25, 0.3) is 0 Å². The quantitative estimate of drug-likeness (QED) is 0.351. The summed E-state index contributed by atoms with van der Waals surface area (Å²) in [5.74, 6) is 3.15. The van der Waals surface area contributed by atoms with Crippen molar-refractivity contribution in [2.75, 3.05) is 14.2 Å². The van der Waals surface area contributed by atoms with Crippen molar-refractivity contribution in [3.63, 3.8) is 0 Å². The zero-order chi connectivity index (χ0) is 24.7. The summed E-state index contributed by atoms with van der Waals surface area (Å²) in [6.07, 6.45) is 6.80. The van der Waals surface area contributed by atoms with E-state index in [2.05, 4.69) is 59.0 Å². The zero-order valence-electron chi connectivity index (χ0n) is 22.5. The van der Waals surface area contributed by atoms with Crippen LogP contribution in [-0.4, -0.2) is 34.1 Å². The molecule has 4 nitrogen and oxygen atoms in total. The van der Waals surface area contributed by atoms with Gasteiger partial charge in [0.1, 0.15) is 5.75 Å². The number of rotatable bonds is 4. The number of benzene rings is 1. The maximum Gasteiger partial charge on any atom is 0.311 e. The Morgan fingerprint density at radius 1 is 1.12 bits per heavy atom. The number of methoxy groups -OCH3 is 2. The molecule has 1 aromatic rings. The molecule has 3 fully saturated rings. The number of aryl methyl sites for hydroxylation is 1. The number of hydrogen-bond acceptors (Lipinski definition) is 4. The van der Waals surface area contributed by atoms with Crippen LogP contribution in [0.2, 0.25) is 18.1 Å². The van der Waals surface area contributed by atoms with Crippen molar-refractivity contribution >= 4 is 14.3 Å². The predicted octanol–water partition coefficient (Wildman–Crippen LogP) is 6.73. The monoisotopic (exact) mass is 484 g/mol. The second-order valence-corrected chi connectivity index (χ2v) is 18.1. The molecule has 0 N–H and O–H groups in total. The summed E-state index contributed by atoms with van der Waals surface area (Å²) in [6.45, 7) is 14.1. The van der Waals surface area contributed by atoms with Gasteiger partial charge in [-0.1, -0.05) is 33.8 Å². The summed E-state index contributed by atoms with van der Waals surface area (Å²) in [5, 5.41) is 0.108. The summed E-state index contributed by atoms with van der Waals surface area (Å²) in [6, 6.07) is 6.73.